The van der Waals surface area contributed by atoms with Crippen LogP contribution in [0.3, 0.4) is 0 Å². The van der Waals surface area contributed by atoms with Gasteiger partial charge in [-0.15, -0.1) is 0 Å². The van der Waals surface area contributed by atoms with Crippen LogP contribution in [-0.2, 0) is 10.2 Å². The number of nitrogens with one attached hydrogen (secondary N) is 1. The molecule has 0 bridgehead atoms. The number of fused-ring (bicyclic) bond motifs is 4. The van der Waals surface area contributed by atoms with Crippen molar-refractivity contribution in [2.24, 2.45) is 5.92 Å². The van der Waals surface area contributed by atoms with E-state index >= 15 is 0 Å². The molecule has 0 radical (unpaired) electrons. The van der Waals surface area contributed by atoms with Crippen molar-refractivity contribution in [3.05, 3.63) is 53.3 Å². The highest BCUT2D eigenvalue weighted by Gasteiger charge is 2.48. The Morgan fingerprint density at radius 1 is 1.28 bits per heavy atom. The van der Waals surface area contributed by atoms with E-state index in [0.717, 1.165) is 73.4 Å². The van der Waals surface area contributed by atoms with Crippen LogP contribution in [0.2, 0.25) is 0 Å². The molecule has 2 fully saturated rings. The van der Waals surface area contributed by atoms with Gasteiger partial charge < -0.3 is 24.6 Å². The number of aliphatic hydroxyl groups is 1. The minimum absolute atomic E-state index is 0.0684. The van der Waals surface area contributed by atoms with Gasteiger partial charge in [-0.3, -0.25) is 4.79 Å². The van der Waals surface area contributed by atoms with Gasteiger partial charge in [0, 0.05) is 59.8 Å². The van der Waals surface area contributed by atoms with Crippen molar-refractivity contribution >= 4 is 22.6 Å². The Morgan fingerprint density at radius 3 is 2.69 bits per heavy atom. The first-order valence-electron chi connectivity index (χ1n) is 12.8. The summed E-state index contributed by atoms with van der Waals surface area (Å²) in [5.41, 5.74) is 3.54. The highest BCUT2D eigenvalue weighted by atomic mass is 16.5. The van der Waals surface area contributed by atoms with Crippen molar-refractivity contribution < 1.29 is 14.6 Å². The lowest BCUT2D eigenvalue weighted by Crippen LogP contribution is -2.55. The molecule has 36 heavy (non-hydrogen) atoms. The largest absolute Gasteiger partial charge is 0.497 e. The predicted octanol–water partition coefficient (Wildman–Crippen LogP) is 3.66. The summed E-state index contributed by atoms with van der Waals surface area (Å²) < 4.78 is 5.48. The first kappa shape index (κ1) is 22.9. The molecule has 3 aliphatic rings. The Balaban J connectivity index is 1.43. The number of anilines is 1. The number of nitrogens with zero attached hydrogens (tertiary/aromatic N) is 4. The molecule has 2 aliphatic heterocycles. The molecule has 2 N–H and O–H groups in total. The standard InChI is InChI=1S/C28H31N5O3/c1-36-20-6-7-21-22(13-20)31-26-23(16-34)33(24-8-5-18(14-29)15-30-24)17-28(25(21)26)9-11-32(12-10-28)27(35)19-3-2-4-19/h5-8,13,15,19,23,31,34H,2-4,9-12,16-17H2,1H3. The number of amides is 1. The number of H-pyrrole nitrogens is 1. The number of likely N-dealkylation sites (tertiary alicyclic amines) is 1. The summed E-state index contributed by atoms with van der Waals surface area (Å²) >= 11 is 0. The van der Waals surface area contributed by atoms with Crippen molar-refractivity contribution in [1.29, 1.82) is 5.26 Å². The molecular formula is C28H31N5O3. The Bertz CT molecular complexity index is 1330. The minimum atomic E-state index is -0.293. The van der Waals surface area contributed by atoms with E-state index in [1.54, 1.807) is 19.4 Å². The van der Waals surface area contributed by atoms with Crippen LogP contribution in [0.25, 0.3) is 10.9 Å². The van der Waals surface area contributed by atoms with Gasteiger partial charge in [0.2, 0.25) is 5.91 Å². The predicted molar refractivity (Wildman–Crippen MR) is 136 cm³/mol. The third kappa shape index (κ3) is 3.53. The molecule has 3 aromatic rings. The zero-order valence-corrected chi connectivity index (χ0v) is 20.5. The van der Waals surface area contributed by atoms with Gasteiger partial charge >= 0.3 is 0 Å². The second-order valence-electron chi connectivity index (χ2n) is 10.4. The fraction of sp³-hybridized carbons (Fsp3) is 0.464. The van der Waals surface area contributed by atoms with E-state index in [9.17, 15) is 15.2 Å². The van der Waals surface area contributed by atoms with Gasteiger partial charge in [0.1, 0.15) is 17.6 Å². The molecule has 1 atom stereocenters. The van der Waals surface area contributed by atoms with Crippen LogP contribution in [0.1, 0.15) is 55.0 Å². The number of benzene rings is 1. The van der Waals surface area contributed by atoms with Gasteiger partial charge in [0.25, 0.3) is 0 Å². The van der Waals surface area contributed by atoms with Gasteiger partial charge in [-0.25, -0.2) is 4.98 Å². The summed E-state index contributed by atoms with van der Waals surface area (Å²) in [5, 5.41) is 21.0. The van der Waals surface area contributed by atoms with Gasteiger partial charge in [-0.2, -0.15) is 5.26 Å². The molecule has 1 amide bonds. The lowest BCUT2D eigenvalue weighted by molar-refractivity contribution is -0.139. The smallest absolute Gasteiger partial charge is 0.225 e. The molecule has 1 aromatic carbocycles. The number of ether oxygens (including phenoxy) is 1. The fourth-order valence-corrected chi connectivity index (χ4v) is 6.35. The highest BCUT2D eigenvalue weighted by Crippen LogP contribution is 2.50. The molecule has 8 nitrogen and oxygen atoms in total. The summed E-state index contributed by atoms with van der Waals surface area (Å²) in [6, 6.07) is 11.6. The van der Waals surface area contributed by atoms with E-state index in [1.165, 1.54) is 5.56 Å². The highest BCUT2D eigenvalue weighted by molar-refractivity contribution is 5.88. The molecule has 1 aliphatic carbocycles. The number of carbonyl (C=O) groups is 1. The molecule has 1 spiro atoms. The second kappa shape index (κ2) is 8.82. The Labute approximate surface area is 210 Å². The van der Waals surface area contributed by atoms with E-state index in [1.807, 2.05) is 18.2 Å². The van der Waals surface area contributed by atoms with Crippen LogP contribution in [0.15, 0.2) is 36.5 Å². The Hall–Kier alpha value is -3.57. The van der Waals surface area contributed by atoms with Crippen molar-refractivity contribution in [1.82, 2.24) is 14.9 Å². The number of hydrogen-bond acceptors (Lipinski definition) is 6. The second-order valence-corrected chi connectivity index (χ2v) is 10.4. The topological polar surface area (TPSA) is 105 Å². The molecule has 6 rings (SSSR count). The number of piperidine rings is 1. The quantitative estimate of drug-likeness (QED) is 0.584. The van der Waals surface area contributed by atoms with Crippen molar-refractivity contribution in [3.63, 3.8) is 0 Å². The lowest BCUT2D eigenvalue weighted by atomic mass is 9.68. The number of methoxy groups -OCH3 is 1. The van der Waals surface area contributed by atoms with Crippen LogP contribution in [0.4, 0.5) is 5.82 Å². The Morgan fingerprint density at radius 2 is 2.08 bits per heavy atom. The molecular weight excluding hydrogens is 454 g/mol. The first-order valence-corrected chi connectivity index (χ1v) is 12.8. The number of carbonyl (C=O) groups excluding carboxylic acids is 1. The zero-order chi connectivity index (χ0) is 24.9. The summed E-state index contributed by atoms with van der Waals surface area (Å²) in [4.78, 5) is 25.4. The van der Waals surface area contributed by atoms with Crippen LogP contribution in [0.5, 0.6) is 5.75 Å². The zero-order valence-electron chi connectivity index (χ0n) is 20.5. The average molecular weight is 486 g/mol. The third-order valence-electron chi connectivity index (χ3n) is 8.58. The summed E-state index contributed by atoms with van der Waals surface area (Å²) in [7, 11) is 1.66. The van der Waals surface area contributed by atoms with E-state index < -0.39 is 0 Å². The first-order chi connectivity index (χ1) is 17.6. The number of aromatic amines is 1. The lowest BCUT2D eigenvalue weighted by Gasteiger charge is -2.51. The number of pyridine rings is 1. The van der Waals surface area contributed by atoms with Crippen LogP contribution < -0.4 is 9.64 Å². The number of nitriles is 1. The summed E-state index contributed by atoms with van der Waals surface area (Å²) in [6.45, 7) is 2.08. The van der Waals surface area contributed by atoms with Gasteiger partial charge in [-0.05, 0) is 55.5 Å². The van der Waals surface area contributed by atoms with Gasteiger partial charge in [-0.1, -0.05) is 6.42 Å². The van der Waals surface area contributed by atoms with Crippen molar-refractivity contribution in [2.45, 2.75) is 43.6 Å². The molecule has 186 valence electrons. The van der Waals surface area contributed by atoms with E-state index in [2.05, 4.69) is 31.9 Å². The SMILES string of the molecule is COc1ccc2c3c([nH]c2c1)C(CO)N(c1ccc(C#N)cn1)CC31CCN(C(=O)C2CCC2)CC1. The Kier molecular flexibility index (Phi) is 5.60. The van der Waals surface area contributed by atoms with Crippen LogP contribution in [-0.4, -0.2) is 59.2 Å². The van der Waals surface area contributed by atoms with E-state index in [0.29, 0.717) is 18.0 Å². The maximum Gasteiger partial charge on any atom is 0.225 e. The third-order valence-corrected chi connectivity index (χ3v) is 8.58. The van der Waals surface area contributed by atoms with Crippen LogP contribution >= 0.6 is 0 Å². The molecule has 1 saturated heterocycles. The summed E-state index contributed by atoms with van der Waals surface area (Å²) in [6.07, 6.45) is 6.48. The average Bonchev–Trinajstić information content (AvgIpc) is 3.27. The van der Waals surface area contributed by atoms with Crippen LogP contribution in [0, 0.1) is 17.2 Å². The molecule has 4 heterocycles. The monoisotopic (exact) mass is 485 g/mol. The maximum absolute atomic E-state index is 13.0. The minimum Gasteiger partial charge on any atom is -0.497 e. The molecule has 1 saturated carbocycles. The van der Waals surface area contributed by atoms with Gasteiger partial charge in [0.05, 0.1) is 25.3 Å². The number of aliphatic hydroxyl groups excluding tert-OH is 1. The number of aromatic nitrogens is 2. The fourth-order valence-electron chi connectivity index (χ4n) is 6.35. The van der Waals surface area contributed by atoms with E-state index in [4.69, 9.17) is 4.74 Å². The maximum atomic E-state index is 13.0. The van der Waals surface area contributed by atoms with Crippen molar-refractivity contribution in [3.8, 4) is 11.8 Å². The van der Waals surface area contributed by atoms with E-state index in [-0.39, 0.29) is 24.0 Å². The molecule has 8 heteroatoms. The van der Waals surface area contributed by atoms with Gasteiger partial charge in [0.15, 0.2) is 0 Å². The molecule has 1 unspecified atom stereocenters. The number of rotatable bonds is 4. The number of hydrogen-bond donors (Lipinski definition) is 2. The molecule has 2 aromatic heterocycles. The summed E-state index contributed by atoms with van der Waals surface area (Å²) in [5.74, 6) is 2.04. The van der Waals surface area contributed by atoms with Crippen molar-refractivity contribution in [2.75, 3.05) is 38.3 Å². The normalized spacial score (nSPS) is 21.2.